The van der Waals surface area contributed by atoms with Crippen LogP contribution in [0.4, 0.5) is 0 Å². The van der Waals surface area contributed by atoms with Gasteiger partial charge in [-0.05, 0) is 32.2 Å². The van der Waals surface area contributed by atoms with Gasteiger partial charge in [0.15, 0.2) is 5.03 Å². The Morgan fingerprint density at radius 3 is 2.90 bits per heavy atom. The maximum absolute atomic E-state index is 12.2. The minimum atomic E-state index is -3.51. The highest BCUT2D eigenvalue weighted by Crippen LogP contribution is 2.19. The predicted molar refractivity (Wildman–Crippen MR) is 77.9 cm³/mol. The van der Waals surface area contributed by atoms with Gasteiger partial charge < -0.3 is 9.88 Å². The first-order valence-corrected chi connectivity index (χ1v) is 8.65. The molecule has 2 atom stereocenters. The van der Waals surface area contributed by atoms with Crippen molar-refractivity contribution in [3.05, 3.63) is 12.0 Å². The number of nitrogens with one attached hydrogen (secondary N) is 2. The van der Waals surface area contributed by atoms with Crippen LogP contribution in [0.2, 0.25) is 0 Å². The molecule has 0 aromatic carbocycles. The smallest absolute Gasteiger partial charge is 0.259 e. The quantitative estimate of drug-likeness (QED) is 0.843. The molecule has 114 valence electrons. The Balaban J connectivity index is 2.01. The minimum absolute atomic E-state index is 0.0985. The number of nitrogens with zero attached hydrogens (tertiary/aromatic N) is 2. The highest BCUT2D eigenvalue weighted by molar-refractivity contribution is 7.89. The Morgan fingerprint density at radius 1 is 1.55 bits per heavy atom. The first-order valence-electron chi connectivity index (χ1n) is 7.17. The third kappa shape index (κ3) is 3.39. The van der Waals surface area contributed by atoms with E-state index in [1.807, 2.05) is 0 Å². The van der Waals surface area contributed by atoms with E-state index in [-0.39, 0.29) is 11.1 Å². The summed E-state index contributed by atoms with van der Waals surface area (Å²) >= 11 is 0. The van der Waals surface area contributed by atoms with Gasteiger partial charge in [0, 0.05) is 25.8 Å². The zero-order valence-corrected chi connectivity index (χ0v) is 13.2. The second-order valence-electron chi connectivity index (χ2n) is 5.46. The Hall–Kier alpha value is -0.920. The molecule has 20 heavy (non-hydrogen) atoms. The molecule has 1 saturated heterocycles. The van der Waals surface area contributed by atoms with Crippen molar-refractivity contribution in [1.29, 1.82) is 0 Å². The van der Waals surface area contributed by atoms with Crippen molar-refractivity contribution < 1.29 is 8.42 Å². The lowest BCUT2D eigenvalue weighted by Gasteiger charge is -2.32. The minimum Gasteiger partial charge on any atom is -0.337 e. The number of hydrogen-bond donors (Lipinski definition) is 2. The molecular formula is C13H24N4O2S. The maximum Gasteiger partial charge on any atom is 0.259 e. The lowest BCUT2D eigenvalue weighted by atomic mass is 9.89. The highest BCUT2D eigenvalue weighted by atomic mass is 32.2. The fraction of sp³-hybridized carbons (Fsp3) is 0.769. The van der Waals surface area contributed by atoms with Crippen molar-refractivity contribution >= 4 is 10.0 Å². The molecule has 0 aliphatic carbocycles. The summed E-state index contributed by atoms with van der Waals surface area (Å²) in [6, 6.07) is 0.216. The van der Waals surface area contributed by atoms with Gasteiger partial charge in [-0.25, -0.2) is 18.1 Å². The Kier molecular flexibility index (Phi) is 4.82. The van der Waals surface area contributed by atoms with Gasteiger partial charge in [-0.1, -0.05) is 13.3 Å². The van der Waals surface area contributed by atoms with Crippen molar-refractivity contribution in [3.8, 4) is 0 Å². The molecule has 6 nitrogen and oxygen atoms in total. The van der Waals surface area contributed by atoms with E-state index in [9.17, 15) is 8.42 Å². The van der Waals surface area contributed by atoms with Gasteiger partial charge in [0.1, 0.15) is 5.82 Å². The van der Waals surface area contributed by atoms with E-state index in [0.29, 0.717) is 18.3 Å². The van der Waals surface area contributed by atoms with E-state index in [2.05, 4.69) is 21.9 Å². The molecule has 0 saturated carbocycles. The number of imidazole rings is 1. The molecule has 1 aromatic rings. The highest BCUT2D eigenvalue weighted by Gasteiger charge is 2.26. The number of sulfonamides is 1. The van der Waals surface area contributed by atoms with Gasteiger partial charge in [-0.2, -0.15) is 0 Å². The molecule has 0 radical (unpaired) electrons. The largest absolute Gasteiger partial charge is 0.337 e. The van der Waals surface area contributed by atoms with Crippen LogP contribution in [0.5, 0.6) is 0 Å². The lowest BCUT2D eigenvalue weighted by molar-refractivity contribution is 0.273. The van der Waals surface area contributed by atoms with Crippen molar-refractivity contribution in [2.75, 3.05) is 13.1 Å². The van der Waals surface area contributed by atoms with Gasteiger partial charge in [0.05, 0.1) is 0 Å². The van der Waals surface area contributed by atoms with Crippen molar-refractivity contribution in [1.82, 2.24) is 19.6 Å². The summed E-state index contributed by atoms with van der Waals surface area (Å²) in [5, 5.41) is 3.51. The summed E-state index contributed by atoms with van der Waals surface area (Å²) < 4.78 is 28.8. The number of rotatable bonds is 5. The van der Waals surface area contributed by atoms with Crippen molar-refractivity contribution in [2.24, 2.45) is 13.0 Å². The van der Waals surface area contributed by atoms with Gasteiger partial charge in [0.25, 0.3) is 10.0 Å². The molecule has 0 spiro atoms. The van der Waals surface area contributed by atoms with Crippen LogP contribution in [0.15, 0.2) is 11.2 Å². The van der Waals surface area contributed by atoms with Crippen LogP contribution in [0, 0.1) is 12.8 Å². The normalized spacial score (nSPS) is 23.9. The van der Waals surface area contributed by atoms with E-state index in [4.69, 9.17) is 0 Å². The number of piperidine rings is 1. The topological polar surface area (TPSA) is 76.0 Å². The molecule has 1 fully saturated rings. The summed E-state index contributed by atoms with van der Waals surface area (Å²) in [5.41, 5.74) is 0. The fourth-order valence-corrected chi connectivity index (χ4v) is 3.77. The molecule has 0 bridgehead atoms. The summed E-state index contributed by atoms with van der Waals surface area (Å²) in [4.78, 5) is 4.08. The molecule has 1 aliphatic heterocycles. The van der Waals surface area contributed by atoms with E-state index in [1.165, 1.54) is 12.8 Å². The molecule has 0 amide bonds. The van der Waals surface area contributed by atoms with Crippen LogP contribution >= 0.6 is 0 Å². The second kappa shape index (κ2) is 6.24. The SMILES string of the molecule is CCC1CCCNC1CNS(=O)(=O)c1cn(C)c(C)n1. The van der Waals surface area contributed by atoms with Crippen LogP contribution < -0.4 is 10.0 Å². The monoisotopic (exact) mass is 300 g/mol. The van der Waals surface area contributed by atoms with Crippen LogP contribution in [0.1, 0.15) is 32.0 Å². The fourth-order valence-electron chi connectivity index (χ4n) is 2.68. The van der Waals surface area contributed by atoms with Gasteiger partial charge in [-0.15, -0.1) is 0 Å². The number of aromatic nitrogens is 2. The van der Waals surface area contributed by atoms with Crippen LogP contribution in [0.25, 0.3) is 0 Å². The standard InChI is InChI=1S/C13H24N4O2S/c1-4-11-6-5-7-14-12(11)8-15-20(18,19)13-9-17(3)10(2)16-13/h9,11-12,14-15H,4-8H2,1-3H3. The molecule has 1 aromatic heterocycles. The Bertz CT molecular complexity index is 533. The number of hydrogen-bond acceptors (Lipinski definition) is 4. The maximum atomic E-state index is 12.2. The predicted octanol–water partition coefficient (Wildman–Crippen LogP) is 0.785. The van der Waals surface area contributed by atoms with Gasteiger partial charge in [-0.3, -0.25) is 0 Å². The Labute approximate surface area is 121 Å². The zero-order chi connectivity index (χ0) is 14.8. The van der Waals surface area contributed by atoms with E-state index in [0.717, 1.165) is 13.0 Å². The summed E-state index contributed by atoms with van der Waals surface area (Å²) in [6.45, 7) is 5.33. The average molecular weight is 300 g/mol. The van der Waals surface area contributed by atoms with Crippen LogP contribution in [-0.4, -0.2) is 37.1 Å². The lowest BCUT2D eigenvalue weighted by Crippen LogP contribution is -2.48. The van der Waals surface area contributed by atoms with Crippen molar-refractivity contribution in [3.63, 3.8) is 0 Å². The first-order chi connectivity index (χ1) is 9.44. The van der Waals surface area contributed by atoms with E-state index < -0.39 is 10.0 Å². The molecule has 1 aliphatic rings. The summed E-state index contributed by atoms with van der Waals surface area (Å²) in [7, 11) is -1.73. The third-order valence-corrected chi connectivity index (χ3v) is 5.40. The molecule has 7 heteroatoms. The van der Waals surface area contributed by atoms with E-state index in [1.54, 1.807) is 24.7 Å². The third-order valence-electron chi connectivity index (χ3n) is 4.11. The molecule has 2 N–H and O–H groups in total. The van der Waals surface area contributed by atoms with Gasteiger partial charge >= 0.3 is 0 Å². The van der Waals surface area contributed by atoms with Crippen LogP contribution in [-0.2, 0) is 17.1 Å². The summed E-state index contributed by atoms with van der Waals surface area (Å²) in [6.07, 6.45) is 4.95. The zero-order valence-electron chi connectivity index (χ0n) is 12.4. The molecule has 2 heterocycles. The van der Waals surface area contributed by atoms with Gasteiger partial charge in [0.2, 0.25) is 0 Å². The molecule has 2 rings (SSSR count). The van der Waals surface area contributed by atoms with Crippen molar-refractivity contribution in [2.45, 2.75) is 44.2 Å². The first kappa shape index (κ1) is 15.5. The summed E-state index contributed by atoms with van der Waals surface area (Å²) in [5.74, 6) is 1.23. The van der Waals surface area contributed by atoms with Crippen LogP contribution in [0.3, 0.4) is 0 Å². The second-order valence-corrected chi connectivity index (χ2v) is 7.17. The Morgan fingerprint density at radius 2 is 2.30 bits per heavy atom. The average Bonchev–Trinajstić information content (AvgIpc) is 2.78. The molecular weight excluding hydrogens is 276 g/mol. The van der Waals surface area contributed by atoms with E-state index >= 15 is 0 Å². The number of aryl methyl sites for hydroxylation is 2. The molecule has 2 unspecified atom stereocenters.